The van der Waals surface area contributed by atoms with Gasteiger partial charge < -0.3 is 10.6 Å². The molecule has 1 aromatic carbocycles. The molecule has 1 amide bonds. The number of hydrogen-bond acceptors (Lipinski definition) is 5. The largest absolute Gasteiger partial charge is 0.354 e. The molecule has 1 atom stereocenters. The highest BCUT2D eigenvalue weighted by Gasteiger charge is 2.08. The molecule has 7 heteroatoms. The Kier molecular flexibility index (Phi) is 7.29. The van der Waals surface area contributed by atoms with Crippen molar-refractivity contribution in [3.05, 3.63) is 24.3 Å². The minimum Gasteiger partial charge on any atom is -0.354 e. The van der Waals surface area contributed by atoms with Crippen LogP contribution < -0.4 is 10.6 Å². The van der Waals surface area contributed by atoms with Gasteiger partial charge in [-0.2, -0.15) is 0 Å². The molecular formula is C13H18ClN3OS2. The van der Waals surface area contributed by atoms with E-state index in [0.29, 0.717) is 12.3 Å². The van der Waals surface area contributed by atoms with E-state index in [1.807, 2.05) is 38.2 Å². The van der Waals surface area contributed by atoms with Crippen molar-refractivity contribution in [3.8, 4) is 0 Å². The summed E-state index contributed by atoms with van der Waals surface area (Å²) >= 11 is 3.12. The third-order valence-electron chi connectivity index (χ3n) is 2.70. The van der Waals surface area contributed by atoms with Gasteiger partial charge in [0, 0.05) is 12.6 Å². The molecule has 2 aromatic rings. The molecule has 0 spiro atoms. The predicted octanol–water partition coefficient (Wildman–Crippen LogP) is 2.53. The van der Waals surface area contributed by atoms with Crippen molar-refractivity contribution in [1.82, 2.24) is 15.6 Å². The Hall–Kier alpha value is -0.820. The molecule has 0 aliphatic rings. The average Bonchev–Trinajstić information content (AvgIpc) is 2.85. The Morgan fingerprint density at radius 1 is 1.45 bits per heavy atom. The molecule has 0 aliphatic heterocycles. The molecule has 1 unspecified atom stereocenters. The van der Waals surface area contributed by atoms with Gasteiger partial charge in [0.2, 0.25) is 5.91 Å². The maximum atomic E-state index is 11.7. The fraction of sp³-hybridized carbons (Fsp3) is 0.385. The highest BCUT2D eigenvalue weighted by molar-refractivity contribution is 8.01. The summed E-state index contributed by atoms with van der Waals surface area (Å²) in [5.41, 5.74) is 0.999. The van der Waals surface area contributed by atoms with Crippen LogP contribution in [0, 0.1) is 0 Å². The number of rotatable bonds is 6. The number of halogens is 1. The van der Waals surface area contributed by atoms with Crippen LogP contribution in [0.1, 0.15) is 6.92 Å². The Bertz CT molecular complexity index is 528. The van der Waals surface area contributed by atoms with Crippen LogP contribution in [0.5, 0.6) is 0 Å². The van der Waals surface area contributed by atoms with Crippen molar-refractivity contribution in [3.63, 3.8) is 0 Å². The minimum atomic E-state index is 0. The zero-order valence-electron chi connectivity index (χ0n) is 11.4. The lowest BCUT2D eigenvalue weighted by molar-refractivity contribution is -0.118. The van der Waals surface area contributed by atoms with Gasteiger partial charge in [0.05, 0.1) is 16.0 Å². The van der Waals surface area contributed by atoms with Crippen LogP contribution in [-0.2, 0) is 4.79 Å². The molecule has 1 heterocycles. The van der Waals surface area contributed by atoms with Gasteiger partial charge in [0.15, 0.2) is 4.34 Å². The molecule has 0 aliphatic carbocycles. The second-order valence-electron chi connectivity index (χ2n) is 4.23. The van der Waals surface area contributed by atoms with Crippen LogP contribution in [0.2, 0.25) is 0 Å². The lowest BCUT2D eigenvalue weighted by Crippen LogP contribution is -2.37. The molecule has 0 saturated carbocycles. The molecule has 4 nitrogen and oxygen atoms in total. The van der Waals surface area contributed by atoms with Crippen molar-refractivity contribution in [2.75, 3.05) is 19.3 Å². The van der Waals surface area contributed by atoms with E-state index in [1.54, 1.807) is 11.3 Å². The summed E-state index contributed by atoms with van der Waals surface area (Å²) in [6.07, 6.45) is 0. The summed E-state index contributed by atoms with van der Waals surface area (Å²) in [6.45, 7) is 2.68. The number of benzene rings is 1. The number of para-hydroxylation sites is 1. The zero-order valence-corrected chi connectivity index (χ0v) is 13.8. The lowest BCUT2D eigenvalue weighted by atomic mass is 10.3. The van der Waals surface area contributed by atoms with Gasteiger partial charge in [0.1, 0.15) is 0 Å². The van der Waals surface area contributed by atoms with Gasteiger partial charge in [-0.25, -0.2) is 4.98 Å². The molecule has 2 rings (SSSR count). The van der Waals surface area contributed by atoms with Crippen molar-refractivity contribution in [2.24, 2.45) is 0 Å². The summed E-state index contributed by atoms with van der Waals surface area (Å²) in [4.78, 5) is 16.2. The molecule has 0 saturated heterocycles. The first kappa shape index (κ1) is 17.2. The number of hydrogen-bond donors (Lipinski definition) is 2. The summed E-state index contributed by atoms with van der Waals surface area (Å²) in [7, 11) is 1.88. The number of amides is 1. The quantitative estimate of drug-likeness (QED) is 0.799. The van der Waals surface area contributed by atoms with Crippen LogP contribution in [0.4, 0.5) is 0 Å². The number of thioether (sulfide) groups is 1. The number of carbonyl (C=O) groups excluding carboxylic acids is 1. The number of aromatic nitrogens is 1. The Morgan fingerprint density at radius 2 is 2.20 bits per heavy atom. The summed E-state index contributed by atoms with van der Waals surface area (Å²) in [6, 6.07) is 8.30. The topological polar surface area (TPSA) is 54.0 Å². The van der Waals surface area contributed by atoms with Crippen molar-refractivity contribution in [2.45, 2.75) is 17.3 Å². The van der Waals surface area contributed by atoms with Crippen LogP contribution in [0.25, 0.3) is 10.2 Å². The van der Waals surface area contributed by atoms with E-state index >= 15 is 0 Å². The molecule has 110 valence electrons. The number of fused-ring (bicyclic) bond motifs is 1. The fourth-order valence-corrected chi connectivity index (χ4v) is 3.36. The number of likely N-dealkylation sites (N-methyl/N-ethyl adjacent to an activating group) is 1. The lowest BCUT2D eigenvalue weighted by Gasteiger charge is -2.10. The van der Waals surface area contributed by atoms with Gasteiger partial charge >= 0.3 is 0 Å². The Balaban J connectivity index is 0.00000200. The third-order valence-corrected chi connectivity index (χ3v) is 4.88. The molecule has 1 aromatic heterocycles. The summed E-state index contributed by atoms with van der Waals surface area (Å²) in [5, 5.41) is 5.97. The predicted molar refractivity (Wildman–Crippen MR) is 89.1 cm³/mol. The van der Waals surface area contributed by atoms with E-state index in [-0.39, 0.29) is 24.4 Å². The zero-order chi connectivity index (χ0) is 13.7. The van der Waals surface area contributed by atoms with Gasteiger partial charge in [-0.3, -0.25) is 4.79 Å². The maximum Gasteiger partial charge on any atom is 0.230 e. The number of nitrogens with one attached hydrogen (secondary N) is 2. The van der Waals surface area contributed by atoms with E-state index in [1.165, 1.54) is 11.8 Å². The normalized spacial score (nSPS) is 11.9. The highest BCUT2D eigenvalue weighted by atomic mass is 35.5. The van der Waals surface area contributed by atoms with E-state index < -0.39 is 0 Å². The standard InChI is InChI=1S/C13H17N3OS2.ClH/c1-9(14-2)7-15-12(17)8-18-13-16-10-5-3-4-6-11(10)19-13;/h3-6,9,14H,7-8H2,1-2H3,(H,15,17);1H. The first-order chi connectivity index (χ1) is 9.19. The maximum absolute atomic E-state index is 11.7. The first-order valence-electron chi connectivity index (χ1n) is 6.11. The van der Waals surface area contributed by atoms with E-state index in [2.05, 4.69) is 15.6 Å². The van der Waals surface area contributed by atoms with Gasteiger partial charge in [-0.1, -0.05) is 23.9 Å². The molecule has 20 heavy (non-hydrogen) atoms. The molecule has 0 bridgehead atoms. The molecular weight excluding hydrogens is 314 g/mol. The fourth-order valence-electron chi connectivity index (χ4n) is 1.46. The van der Waals surface area contributed by atoms with E-state index in [4.69, 9.17) is 0 Å². The average molecular weight is 332 g/mol. The Labute approximate surface area is 133 Å². The van der Waals surface area contributed by atoms with Crippen molar-refractivity contribution >= 4 is 51.6 Å². The minimum absolute atomic E-state index is 0. The van der Waals surface area contributed by atoms with Crippen molar-refractivity contribution in [1.29, 1.82) is 0 Å². The van der Waals surface area contributed by atoms with Crippen LogP contribution >= 0.6 is 35.5 Å². The monoisotopic (exact) mass is 331 g/mol. The SMILES string of the molecule is CNC(C)CNC(=O)CSc1nc2ccccc2s1.Cl. The number of thiazole rings is 1. The second-order valence-corrected chi connectivity index (χ2v) is 6.48. The smallest absolute Gasteiger partial charge is 0.230 e. The van der Waals surface area contributed by atoms with Crippen molar-refractivity contribution < 1.29 is 4.79 Å². The first-order valence-corrected chi connectivity index (χ1v) is 7.91. The second kappa shape index (κ2) is 8.46. The van der Waals surface area contributed by atoms with E-state index in [0.717, 1.165) is 14.6 Å². The van der Waals surface area contributed by atoms with Crippen LogP contribution in [-0.4, -0.2) is 36.3 Å². The van der Waals surface area contributed by atoms with Crippen LogP contribution in [0.3, 0.4) is 0 Å². The van der Waals surface area contributed by atoms with Gasteiger partial charge in [-0.05, 0) is 26.1 Å². The molecule has 0 fully saturated rings. The Morgan fingerprint density at radius 3 is 2.90 bits per heavy atom. The third kappa shape index (κ3) is 4.94. The highest BCUT2D eigenvalue weighted by Crippen LogP contribution is 2.28. The molecule has 0 radical (unpaired) electrons. The number of carbonyl (C=O) groups is 1. The van der Waals surface area contributed by atoms with E-state index in [9.17, 15) is 4.79 Å². The van der Waals surface area contributed by atoms with Gasteiger partial charge in [-0.15, -0.1) is 23.7 Å². The van der Waals surface area contributed by atoms with Crippen LogP contribution in [0.15, 0.2) is 28.6 Å². The summed E-state index contributed by atoms with van der Waals surface area (Å²) < 4.78 is 2.10. The molecule has 2 N–H and O–H groups in total. The van der Waals surface area contributed by atoms with Gasteiger partial charge in [0.25, 0.3) is 0 Å². The number of nitrogens with zero attached hydrogens (tertiary/aromatic N) is 1. The summed E-state index contributed by atoms with van der Waals surface area (Å²) in [5.74, 6) is 0.461.